The maximum atomic E-state index is 11.2. The topological polar surface area (TPSA) is 41.1 Å². The molecule has 2 atom stereocenters. The van der Waals surface area contributed by atoms with Crippen molar-refractivity contribution in [1.82, 2.24) is 10.6 Å². The molecule has 18 heavy (non-hydrogen) atoms. The molecule has 1 aromatic rings. The van der Waals surface area contributed by atoms with Gasteiger partial charge in [0.05, 0.1) is 0 Å². The molecule has 3 nitrogen and oxygen atoms in total. The van der Waals surface area contributed by atoms with Crippen LogP contribution in [0.15, 0.2) is 30.3 Å². The molecule has 1 heterocycles. The van der Waals surface area contributed by atoms with Gasteiger partial charge in [0.15, 0.2) is 0 Å². The van der Waals surface area contributed by atoms with Gasteiger partial charge in [0, 0.05) is 25.0 Å². The SMILES string of the molecule is CCCC(NCC1CCC(=O)N1)c1ccccc1. The molecule has 1 saturated heterocycles. The predicted octanol–water partition coefficient (Wildman–Crippen LogP) is 2.40. The Morgan fingerprint density at radius 1 is 1.39 bits per heavy atom. The molecule has 0 aromatic heterocycles. The number of benzene rings is 1. The summed E-state index contributed by atoms with van der Waals surface area (Å²) in [5.74, 6) is 0.188. The van der Waals surface area contributed by atoms with Gasteiger partial charge in [-0.05, 0) is 18.4 Å². The average Bonchev–Trinajstić information content (AvgIpc) is 2.81. The second-order valence-electron chi connectivity index (χ2n) is 4.96. The van der Waals surface area contributed by atoms with Gasteiger partial charge in [-0.25, -0.2) is 0 Å². The second kappa shape index (κ2) is 6.55. The summed E-state index contributed by atoms with van der Waals surface area (Å²) < 4.78 is 0. The van der Waals surface area contributed by atoms with Crippen LogP contribution in [0.3, 0.4) is 0 Å². The van der Waals surface area contributed by atoms with E-state index in [0.717, 1.165) is 25.8 Å². The Morgan fingerprint density at radius 2 is 2.17 bits per heavy atom. The van der Waals surface area contributed by atoms with Crippen LogP contribution in [-0.4, -0.2) is 18.5 Å². The summed E-state index contributed by atoms with van der Waals surface area (Å²) in [5, 5.41) is 6.59. The van der Waals surface area contributed by atoms with Crippen LogP contribution in [0.4, 0.5) is 0 Å². The third-order valence-electron chi connectivity index (χ3n) is 3.47. The highest BCUT2D eigenvalue weighted by Crippen LogP contribution is 2.18. The van der Waals surface area contributed by atoms with E-state index >= 15 is 0 Å². The zero-order valence-electron chi connectivity index (χ0n) is 11.0. The molecule has 2 N–H and O–H groups in total. The van der Waals surface area contributed by atoms with Crippen LogP contribution in [0, 0.1) is 0 Å². The van der Waals surface area contributed by atoms with Crippen molar-refractivity contribution in [1.29, 1.82) is 0 Å². The average molecular weight is 246 g/mol. The maximum Gasteiger partial charge on any atom is 0.220 e. The number of rotatable bonds is 6. The standard InChI is InChI=1S/C15H22N2O/c1-2-6-14(12-7-4-3-5-8-12)16-11-13-9-10-15(18)17-13/h3-5,7-8,13-14,16H,2,6,9-11H2,1H3,(H,17,18). The molecule has 0 radical (unpaired) electrons. The quantitative estimate of drug-likeness (QED) is 0.809. The van der Waals surface area contributed by atoms with Crippen molar-refractivity contribution in [2.24, 2.45) is 0 Å². The van der Waals surface area contributed by atoms with Gasteiger partial charge in [-0.2, -0.15) is 0 Å². The van der Waals surface area contributed by atoms with Crippen molar-refractivity contribution in [2.75, 3.05) is 6.54 Å². The fourth-order valence-corrected chi connectivity index (χ4v) is 2.48. The largest absolute Gasteiger partial charge is 0.352 e. The molecule has 0 saturated carbocycles. The molecule has 3 heteroatoms. The maximum absolute atomic E-state index is 11.2. The first-order chi connectivity index (χ1) is 8.79. The first-order valence-corrected chi connectivity index (χ1v) is 6.87. The highest BCUT2D eigenvalue weighted by molar-refractivity contribution is 5.78. The highest BCUT2D eigenvalue weighted by Gasteiger charge is 2.21. The Kier molecular flexibility index (Phi) is 4.76. The molecule has 1 aliphatic heterocycles. The third kappa shape index (κ3) is 3.57. The van der Waals surface area contributed by atoms with E-state index in [1.807, 2.05) is 6.07 Å². The molecular weight excluding hydrogens is 224 g/mol. The minimum Gasteiger partial charge on any atom is -0.352 e. The number of amides is 1. The van der Waals surface area contributed by atoms with Gasteiger partial charge < -0.3 is 10.6 Å². The lowest BCUT2D eigenvalue weighted by atomic mass is 10.0. The molecule has 1 amide bonds. The van der Waals surface area contributed by atoms with E-state index in [2.05, 4.69) is 41.8 Å². The van der Waals surface area contributed by atoms with E-state index in [1.165, 1.54) is 5.56 Å². The molecule has 1 fully saturated rings. The van der Waals surface area contributed by atoms with Gasteiger partial charge in [-0.3, -0.25) is 4.79 Å². The molecule has 1 aromatic carbocycles. The monoisotopic (exact) mass is 246 g/mol. The van der Waals surface area contributed by atoms with Crippen LogP contribution in [0.5, 0.6) is 0 Å². The van der Waals surface area contributed by atoms with Crippen molar-refractivity contribution in [3.8, 4) is 0 Å². The summed E-state index contributed by atoms with van der Waals surface area (Å²) in [6, 6.07) is 11.2. The zero-order chi connectivity index (χ0) is 12.8. The Hall–Kier alpha value is -1.35. The van der Waals surface area contributed by atoms with Crippen LogP contribution in [0.2, 0.25) is 0 Å². The fraction of sp³-hybridized carbons (Fsp3) is 0.533. The molecule has 2 unspecified atom stereocenters. The summed E-state index contributed by atoms with van der Waals surface area (Å²) in [6.45, 7) is 3.07. The van der Waals surface area contributed by atoms with Crippen molar-refractivity contribution < 1.29 is 4.79 Å². The smallest absolute Gasteiger partial charge is 0.220 e. The summed E-state index contributed by atoms with van der Waals surface area (Å²) >= 11 is 0. The normalized spacial score (nSPS) is 20.7. The summed E-state index contributed by atoms with van der Waals surface area (Å²) in [7, 11) is 0. The van der Waals surface area contributed by atoms with Crippen molar-refractivity contribution in [3.63, 3.8) is 0 Å². The lowest BCUT2D eigenvalue weighted by molar-refractivity contribution is -0.119. The summed E-state index contributed by atoms with van der Waals surface area (Å²) in [6.07, 6.45) is 3.92. The lowest BCUT2D eigenvalue weighted by Crippen LogP contribution is -2.37. The predicted molar refractivity (Wildman–Crippen MR) is 73.3 cm³/mol. The Morgan fingerprint density at radius 3 is 2.78 bits per heavy atom. The summed E-state index contributed by atoms with van der Waals surface area (Å²) in [4.78, 5) is 11.2. The van der Waals surface area contributed by atoms with E-state index in [0.29, 0.717) is 18.5 Å². The molecule has 2 rings (SSSR count). The lowest BCUT2D eigenvalue weighted by Gasteiger charge is -2.21. The first kappa shape index (κ1) is 13.1. The van der Waals surface area contributed by atoms with E-state index in [4.69, 9.17) is 0 Å². The summed E-state index contributed by atoms with van der Waals surface area (Å²) in [5.41, 5.74) is 1.34. The van der Waals surface area contributed by atoms with E-state index < -0.39 is 0 Å². The Bertz CT molecular complexity index is 377. The molecule has 0 bridgehead atoms. The number of hydrogen-bond donors (Lipinski definition) is 2. The van der Waals surface area contributed by atoms with Crippen LogP contribution in [0.25, 0.3) is 0 Å². The van der Waals surface area contributed by atoms with E-state index in [9.17, 15) is 4.79 Å². The number of hydrogen-bond acceptors (Lipinski definition) is 2. The molecule has 0 spiro atoms. The minimum atomic E-state index is 0.188. The van der Waals surface area contributed by atoms with Crippen LogP contribution in [-0.2, 0) is 4.79 Å². The Labute approximate surface area is 109 Å². The Balaban J connectivity index is 1.88. The number of carbonyl (C=O) groups is 1. The van der Waals surface area contributed by atoms with Gasteiger partial charge in [-0.15, -0.1) is 0 Å². The van der Waals surface area contributed by atoms with Crippen molar-refractivity contribution >= 4 is 5.91 Å². The second-order valence-corrected chi connectivity index (χ2v) is 4.96. The highest BCUT2D eigenvalue weighted by atomic mass is 16.1. The number of nitrogens with one attached hydrogen (secondary N) is 2. The fourth-order valence-electron chi connectivity index (χ4n) is 2.48. The molecular formula is C15H22N2O. The van der Waals surface area contributed by atoms with Crippen LogP contribution in [0.1, 0.15) is 44.2 Å². The van der Waals surface area contributed by atoms with Crippen LogP contribution >= 0.6 is 0 Å². The van der Waals surface area contributed by atoms with Crippen LogP contribution < -0.4 is 10.6 Å². The van der Waals surface area contributed by atoms with Gasteiger partial charge in [-0.1, -0.05) is 43.7 Å². The molecule has 98 valence electrons. The van der Waals surface area contributed by atoms with Gasteiger partial charge in [0.2, 0.25) is 5.91 Å². The van der Waals surface area contributed by atoms with Gasteiger partial charge in [0.25, 0.3) is 0 Å². The van der Waals surface area contributed by atoms with Gasteiger partial charge >= 0.3 is 0 Å². The third-order valence-corrected chi connectivity index (χ3v) is 3.47. The zero-order valence-corrected chi connectivity index (χ0v) is 11.0. The first-order valence-electron chi connectivity index (χ1n) is 6.87. The van der Waals surface area contributed by atoms with E-state index in [1.54, 1.807) is 0 Å². The van der Waals surface area contributed by atoms with E-state index in [-0.39, 0.29) is 5.91 Å². The number of carbonyl (C=O) groups excluding carboxylic acids is 1. The molecule has 1 aliphatic rings. The minimum absolute atomic E-state index is 0.188. The van der Waals surface area contributed by atoms with Gasteiger partial charge in [0.1, 0.15) is 0 Å². The van der Waals surface area contributed by atoms with Crippen molar-refractivity contribution in [3.05, 3.63) is 35.9 Å². The molecule has 0 aliphatic carbocycles. The van der Waals surface area contributed by atoms with Crippen molar-refractivity contribution in [2.45, 2.75) is 44.7 Å².